The van der Waals surface area contributed by atoms with Gasteiger partial charge >= 0.3 is 0 Å². The maximum atomic E-state index is 13.7. The molecule has 2 N–H and O–H groups in total. The number of piperidine rings is 1. The van der Waals surface area contributed by atoms with Gasteiger partial charge in [0.05, 0.1) is 17.4 Å². The highest BCUT2D eigenvalue weighted by molar-refractivity contribution is 6.03. The number of amides is 2. The van der Waals surface area contributed by atoms with Gasteiger partial charge in [0, 0.05) is 70.3 Å². The minimum absolute atomic E-state index is 0.0121. The summed E-state index contributed by atoms with van der Waals surface area (Å²) in [5, 5.41) is 14.6. The number of hydrogen-bond donors (Lipinski definition) is 2. The van der Waals surface area contributed by atoms with E-state index < -0.39 is 6.10 Å². The molecular weight excluding hydrogens is 492 g/mol. The molecule has 1 saturated carbocycles. The normalized spacial score (nSPS) is 23.1. The fraction of sp³-hybridized carbons (Fsp3) is 0.516. The number of aliphatic hydroxyl groups excluding tert-OH is 1. The Hall–Kier alpha value is -3.23. The Morgan fingerprint density at radius 3 is 2.46 bits per heavy atom. The van der Waals surface area contributed by atoms with Gasteiger partial charge in [0.15, 0.2) is 0 Å². The van der Waals surface area contributed by atoms with Gasteiger partial charge in [0.25, 0.3) is 11.8 Å². The van der Waals surface area contributed by atoms with Gasteiger partial charge in [-0.2, -0.15) is 0 Å². The van der Waals surface area contributed by atoms with Crippen LogP contribution in [-0.4, -0.2) is 83.9 Å². The summed E-state index contributed by atoms with van der Waals surface area (Å²) in [6, 6.07) is 13.6. The Kier molecular flexibility index (Phi) is 6.93. The third-order valence-corrected chi connectivity index (χ3v) is 9.37. The molecule has 3 heterocycles. The smallest absolute Gasteiger partial charge is 0.256 e. The minimum Gasteiger partial charge on any atom is -0.390 e. The number of β-amino-alcohol motifs (C(OH)–C–C–N with tert-alkyl or cyclic N) is 1. The number of carbonyl (C=O) groups is 3. The van der Waals surface area contributed by atoms with Crippen LogP contribution in [0.25, 0.3) is 0 Å². The molecule has 6 rings (SSSR count). The summed E-state index contributed by atoms with van der Waals surface area (Å²) >= 11 is 0. The van der Waals surface area contributed by atoms with Crippen molar-refractivity contribution in [2.75, 3.05) is 44.2 Å². The number of likely N-dealkylation sites (N-methyl/N-ethyl adjacent to an activating group) is 1. The number of nitrogens with zero attached hydrogens (tertiary/aromatic N) is 3. The lowest BCUT2D eigenvalue weighted by molar-refractivity contribution is -0.135. The quantitative estimate of drug-likeness (QED) is 0.618. The van der Waals surface area contributed by atoms with Gasteiger partial charge in [-0.3, -0.25) is 14.4 Å². The number of rotatable bonds is 5. The lowest BCUT2D eigenvalue weighted by atomic mass is 9.62. The highest BCUT2D eigenvalue weighted by Gasteiger charge is 2.45. The third kappa shape index (κ3) is 4.96. The minimum atomic E-state index is -0.687. The number of carbonyl (C=O) groups excluding carboxylic acids is 3. The van der Waals surface area contributed by atoms with Crippen molar-refractivity contribution >= 4 is 23.3 Å². The summed E-state index contributed by atoms with van der Waals surface area (Å²) in [5.74, 6) is 0.221. The number of hydrogen-bond acceptors (Lipinski definition) is 6. The summed E-state index contributed by atoms with van der Waals surface area (Å²) in [6.45, 7) is 6.24. The molecule has 8 heteroatoms. The Bertz CT molecular complexity index is 1280. The van der Waals surface area contributed by atoms with Gasteiger partial charge in [-0.25, -0.2) is 0 Å². The summed E-state index contributed by atoms with van der Waals surface area (Å²) in [4.78, 5) is 44.4. The molecule has 2 aromatic rings. The predicted octanol–water partition coefficient (Wildman–Crippen LogP) is 2.63. The van der Waals surface area contributed by atoms with E-state index in [-0.39, 0.29) is 29.8 Å². The highest BCUT2D eigenvalue weighted by atomic mass is 16.3. The number of aliphatic hydroxyl groups is 1. The molecule has 2 amide bonds. The molecule has 0 bridgehead atoms. The zero-order valence-corrected chi connectivity index (χ0v) is 22.7. The molecule has 3 aliphatic heterocycles. The molecule has 1 aliphatic carbocycles. The first-order chi connectivity index (χ1) is 18.9. The zero-order chi connectivity index (χ0) is 27.1. The average molecular weight is 531 g/mol. The van der Waals surface area contributed by atoms with Crippen LogP contribution in [-0.2, 0) is 17.8 Å². The van der Waals surface area contributed by atoms with Crippen LogP contribution in [0.5, 0.6) is 0 Å². The Morgan fingerprint density at radius 2 is 1.74 bits per heavy atom. The second-order valence-electron chi connectivity index (χ2n) is 11.8. The van der Waals surface area contributed by atoms with Crippen molar-refractivity contribution in [1.29, 1.82) is 0 Å². The lowest BCUT2D eigenvalue weighted by Gasteiger charge is -2.46. The molecule has 206 valence electrons. The molecular formula is C31H38N4O4. The van der Waals surface area contributed by atoms with Gasteiger partial charge in [0.2, 0.25) is 0 Å². The van der Waals surface area contributed by atoms with Gasteiger partial charge in [-0.15, -0.1) is 0 Å². The fourth-order valence-electron chi connectivity index (χ4n) is 6.85. The van der Waals surface area contributed by atoms with Crippen LogP contribution < -0.4 is 10.2 Å². The number of benzene rings is 2. The molecule has 0 aromatic heterocycles. The maximum Gasteiger partial charge on any atom is 0.256 e. The van der Waals surface area contributed by atoms with Gasteiger partial charge < -0.3 is 25.1 Å². The third-order valence-electron chi connectivity index (χ3n) is 9.37. The largest absolute Gasteiger partial charge is 0.390 e. The average Bonchev–Trinajstić information content (AvgIpc) is 3.07. The first-order valence-corrected chi connectivity index (χ1v) is 14.3. The van der Waals surface area contributed by atoms with Gasteiger partial charge in [-0.1, -0.05) is 24.3 Å². The van der Waals surface area contributed by atoms with Crippen LogP contribution in [0.3, 0.4) is 0 Å². The molecule has 39 heavy (non-hydrogen) atoms. The van der Waals surface area contributed by atoms with E-state index in [1.54, 1.807) is 17.0 Å². The van der Waals surface area contributed by atoms with Crippen molar-refractivity contribution in [3.63, 3.8) is 0 Å². The molecule has 2 aromatic carbocycles. The van der Waals surface area contributed by atoms with Crippen LogP contribution in [0.2, 0.25) is 0 Å². The van der Waals surface area contributed by atoms with E-state index in [1.807, 2.05) is 23.1 Å². The fourth-order valence-corrected chi connectivity index (χ4v) is 6.85. The van der Waals surface area contributed by atoms with Crippen molar-refractivity contribution in [2.45, 2.75) is 57.7 Å². The van der Waals surface area contributed by atoms with E-state index in [1.165, 1.54) is 11.1 Å². The first-order valence-electron chi connectivity index (χ1n) is 14.3. The second-order valence-corrected chi connectivity index (χ2v) is 11.8. The Balaban J connectivity index is 1.15. The topological polar surface area (TPSA) is 93.2 Å². The number of ketones is 1. The number of nitrogens with one attached hydrogen (secondary N) is 1. The van der Waals surface area contributed by atoms with E-state index in [4.69, 9.17) is 0 Å². The highest BCUT2D eigenvalue weighted by Crippen LogP contribution is 2.46. The SMILES string of the molecule is CCN1CCN(CC(O)[C@@H]2Cc3ccccc3CN2)C(=O)c2ccc(C(=O)N3CCC4(CC3)CC(=O)C4)cc21. The first kappa shape index (κ1) is 26.0. The van der Waals surface area contributed by atoms with Crippen molar-refractivity contribution in [1.82, 2.24) is 15.1 Å². The summed E-state index contributed by atoms with van der Waals surface area (Å²) in [7, 11) is 0. The predicted molar refractivity (Wildman–Crippen MR) is 149 cm³/mol. The van der Waals surface area contributed by atoms with Gasteiger partial charge in [0.1, 0.15) is 5.78 Å². The lowest BCUT2D eigenvalue weighted by Crippen LogP contribution is -2.50. The van der Waals surface area contributed by atoms with Crippen LogP contribution in [0, 0.1) is 5.41 Å². The van der Waals surface area contributed by atoms with E-state index in [2.05, 4.69) is 29.3 Å². The summed E-state index contributed by atoms with van der Waals surface area (Å²) in [5.41, 5.74) is 4.58. The molecule has 1 saturated heterocycles. The molecule has 1 spiro atoms. The molecule has 1 unspecified atom stereocenters. The van der Waals surface area contributed by atoms with Crippen LogP contribution in [0.1, 0.15) is 64.4 Å². The van der Waals surface area contributed by atoms with Gasteiger partial charge in [-0.05, 0) is 60.9 Å². The van der Waals surface area contributed by atoms with E-state index in [0.29, 0.717) is 62.5 Å². The maximum absolute atomic E-state index is 13.7. The number of anilines is 1. The van der Waals surface area contributed by atoms with E-state index >= 15 is 0 Å². The van der Waals surface area contributed by atoms with Crippen molar-refractivity contribution in [3.05, 3.63) is 64.7 Å². The Morgan fingerprint density at radius 1 is 1.03 bits per heavy atom. The molecule has 8 nitrogen and oxygen atoms in total. The number of likely N-dealkylation sites (tertiary alicyclic amines) is 1. The summed E-state index contributed by atoms with van der Waals surface area (Å²) in [6.07, 6.45) is 3.14. The second kappa shape index (κ2) is 10.4. The van der Waals surface area contributed by atoms with E-state index in [9.17, 15) is 19.5 Å². The van der Waals surface area contributed by atoms with Crippen LogP contribution in [0.4, 0.5) is 5.69 Å². The molecule has 4 aliphatic rings. The molecule has 2 fully saturated rings. The van der Waals surface area contributed by atoms with Crippen molar-refractivity contribution < 1.29 is 19.5 Å². The van der Waals surface area contributed by atoms with E-state index in [0.717, 1.165) is 31.5 Å². The molecule has 0 radical (unpaired) electrons. The van der Waals surface area contributed by atoms with Crippen molar-refractivity contribution in [2.24, 2.45) is 5.41 Å². The zero-order valence-electron chi connectivity index (χ0n) is 22.7. The van der Waals surface area contributed by atoms with Crippen LogP contribution >= 0.6 is 0 Å². The monoisotopic (exact) mass is 530 g/mol. The Labute approximate surface area is 230 Å². The van der Waals surface area contributed by atoms with Crippen molar-refractivity contribution in [3.8, 4) is 0 Å². The number of fused-ring (bicyclic) bond motifs is 2. The molecule has 2 atom stereocenters. The summed E-state index contributed by atoms with van der Waals surface area (Å²) < 4.78 is 0. The number of Topliss-reactive ketones (excluding diaryl/α,β-unsaturated/α-hetero) is 1. The standard InChI is InChI=1S/C31H38N4O4/c1-2-33-13-14-35(20-28(37)26-15-21-5-3-4-6-23(21)19-32-26)30(39)25-8-7-22(16-27(25)33)29(38)34-11-9-31(10-12-34)17-24(36)18-31/h3-8,16,26,28,32,37H,2,9-15,17-20H2,1H3/t26-,28?/m0/s1. The van der Waals surface area contributed by atoms with Crippen LogP contribution in [0.15, 0.2) is 42.5 Å².